The fraction of sp³-hybridized carbons (Fsp3) is 0.0435. The molecule has 1 amide bonds. The second-order valence-electron chi connectivity index (χ2n) is 7.01. The Hall–Kier alpha value is -2.43. The number of carbonyl (C=O) groups is 1. The van der Waals surface area contributed by atoms with Crippen molar-refractivity contribution in [2.45, 2.75) is 6.61 Å². The van der Waals surface area contributed by atoms with Crippen molar-refractivity contribution in [3.05, 3.63) is 101 Å². The average molecular weight is 596 g/mol. The van der Waals surface area contributed by atoms with E-state index >= 15 is 0 Å². The molecule has 1 aliphatic heterocycles. The Morgan fingerprint density at radius 2 is 1.94 bits per heavy atom. The highest BCUT2D eigenvalue weighted by Crippen LogP contribution is 2.38. The van der Waals surface area contributed by atoms with Crippen LogP contribution in [-0.4, -0.2) is 15.2 Å². The van der Waals surface area contributed by atoms with Crippen molar-refractivity contribution in [2.24, 2.45) is 0 Å². The lowest BCUT2D eigenvalue weighted by Crippen LogP contribution is -2.27. The summed E-state index contributed by atoms with van der Waals surface area (Å²) in [6, 6.07) is 16.4. The minimum absolute atomic E-state index is 0.116. The molecule has 3 aromatic carbocycles. The molecule has 0 aliphatic carbocycles. The fourth-order valence-corrected chi connectivity index (χ4v) is 5.38. The van der Waals surface area contributed by atoms with Gasteiger partial charge in [0.2, 0.25) is 0 Å². The smallest absolute Gasteiger partial charge is 0.271 e. The van der Waals surface area contributed by atoms with Crippen LogP contribution in [0, 0.1) is 10.1 Å². The first-order valence-corrected chi connectivity index (χ1v) is 12.4. The molecule has 0 saturated carbocycles. The molecule has 1 heterocycles. The number of nitrogens with zero attached hydrogens (tertiary/aromatic N) is 2. The molecule has 0 spiro atoms. The van der Waals surface area contributed by atoms with Crippen molar-refractivity contribution in [2.75, 3.05) is 4.90 Å². The first-order valence-electron chi connectivity index (χ1n) is 9.61. The topological polar surface area (TPSA) is 72.7 Å². The first kappa shape index (κ1) is 24.7. The lowest BCUT2D eigenvalue weighted by Gasteiger charge is -2.14. The lowest BCUT2D eigenvalue weighted by molar-refractivity contribution is -0.384. The number of ether oxygens (including phenoxy) is 1. The maximum Gasteiger partial charge on any atom is 0.271 e. The van der Waals surface area contributed by atoms with E-state index in [4.69, 9.17) is 40.2 Å². The van der Waals surface area contributed by atoms with Crippen LogP contribution in [0.1, 0.15) is 11.1 Å². The largest absolute Gasteiger partial charge is 0.488 e. The van der Waals surface area contributed by atoms with E-state index in [0.29, 0.717) is 35.2 Å². The van der Waals surface area contributed by atoms with E-state index in [0.717, 1.165) is 22.9 Å². The number of nitro benzene ring substituents is 1. The summed E-state index contributed by atoms with van der Waals surface area (Å²) in [4.78, 5) is 25.3. The van der Waals surface area contributed by atoms with Crippen LogP contribution in [-0.2, 0) is 11.4 Å². The van der Waals surface area contributed by atoms with E-state index in [-0.39, 0.29) is 18.2 Å². The molecular weight excluding hydrogens is 583 g/mol. The van der Waals surface area contributed by atoms with E-state index in [2.05, 4.69) is 15.9 Å². The van der Waals surface area contributed by atoms with E-state index in [9.17, 15) is 14.9 Å². The Morgan fingerprint density at radius 1 is 1.15 bits per heavy atom. The number of nitro groups is 1. The number of anilines is 1. The number of rotatable bonds is 6. The Bertz CT molecular complexity index is 1370. The third kappa shape index (κ3) is 5.45. The highest BCUT2D eigenvalue weighted by atomic mass is 79.9. The normalized spacial score (nSPS) is 14.7. The SMILES string of the molecule is O=C1/C(=C/c2ccc(OCc3ccc(Cl)cc3Cl)c(Br)c2)SC(=S)N1c1cccc([N+](=O)[O-])c1. The van der Waals surface area contributed by atoms with E-state index in [1.54, 1.807) is 36.4 Å². The summed E-state index contributed by atoms with van der Waals surface area (Å²) < 4.78 is 6.86. The van der Waals surface area contributed by atoms with Crippen molar-refractivity contribution in [3.8, 4) is 5.75 Å². The number of hydrogen-bond donors (Lipinski definition) is 0. The molecule has 34 heavy (non-hydrogen) atoms. The maximum atomic E-state index is 13.0. The van der Waals surface area contributed by atoms with Crippen LogP contribution >= 0.6 is 63.1 Å². The second kappa shape index (κ2) is 10.5. The number of thiocarbonyl (C=S) groups is 1. The van der Waals surface area contributed by atoms with Gasteiger partial charge < -0.3 is 4.74 Å². The Balaban J connectivity index is 1.51. The van der Waals surface area contributed by atoms with Gasteiger partial charge in [-0.1, -0.05) is 65.4 Å². The standard InChI is InChI=1S/C23H13BrCl2N2O4S2/c24-18-8-13(4-7-20(18)32-12-14-5-6-15(25)10-19(14)26)9-21-22(29)27(23(33)34-21)16-2-1-3-17(11-16)28(30)31/h1-11H,12H2/b21-9-. The van der Waals surface area contributed by atoms with Crippen molar-refractivity contribution in [1.82, 2.24) is 0 Å². The third-order valence-corrected chi connectivity index (χ3v) is 7.25. The molecule has 0 radical (unpaired) electrons. The summed E-state index contributed by atoms with van der Waals surface area (Å²) in [6.45, 7) is 0.260. The van der Waals surface area contributed by atoms with Gasteiger partial charge in [-0.2, -0.15) is 0 Å². The molecular formula is C23H13BrCl2N2O4S2. The van der Waals surface area contributed by atoms with Crippen LogP contribution in [0.15, 0.2) is 70.0 Å². The third-order valence-electron chi connectivity index (χ3n) is 4.74. The lowest BCUT2D eigenvalue weighted by atomic mass is 10.2. The van der Waals surface area contributed by atoms with Crippen LogP contribution in [0.4, 0.5) is 11.4 Å². The van der Waals surface area contributed by atoms with Gasteiger partial charge in [0.25, 0.3) is 11.6 Å². The minimum atomic E-state index is -0.515. The Kier molecular flexibility index (Phi) is 7.59. The van der Waals surface area contributed by atoms with Gasteiger partial charge in [0.15, 0.2) is 4.32 Å². The van der Waals surface area contributed by atoms with E-state index < -0.39 is 4.92 Å². The zero-order valence-corrected chi connectivity index (χ0v) is 21.8. The molecule has 172 valence electrons. The summed E-state index contributed by atoms with van der Waals surface area (Å²) >= 11 is 22.1. The Morgan fingerprint density at radius 3 is 2.65 bits per heavy atom. The molecule has 11 heteroatoms. The number of thioether (sulfide) groups is 1. The van der Waals surface area contributed by atoms with Gasteiger partial charge in [-0.15, -0.1) is 0 Å². The number of non-ortho nitro benzene ring substituents is 1. The molecule has 1 fully saturated rings. The predicted octanol–water partition coefficient (Wildman–Crippen LogP) is 7.65. The maximum absolute atomic E-state index is 13.0. The van der Waals surface area contributed by atoms with Crippen molar-refractivity contribution >= 4 is 90.8 Å². The highest BCUT2D eigenvalue weighted by Gasteiger charge is 2.34. The van der Waals surface area contributed by atoms with Crippen LogP contribution in [0.5, 0.6) is 5.75 Å². The van der Waals surface area contributed by atoms with Gasteiger partial charge in [-0.3, -0.25) is 19.8 Å². The van der Waals surface area contributed by atoms with Gasteiger partial charge in [-0.05, 0) is 57.9 Å². The second-order valence-corrected chi connectivity index (χ2v) is 10.4. The van der Waals surface area contributed by atoms with Crippen LogP contribution in [0.3, 0.4) is 0 Å². The van der Waals surface area contributed by atoms with Crippen LogP contribution < -0.4 is 9.64 Å². The molecule has 0 atom stereocenters. The molecule has 0 N–H and O–H groups in total. The number of halogens is 3. The molecule has 0 aromatic heterocycles. The summed E-state index contributed by atoms with van der Waals surface area (Å²) in [7, 11) is 0. The van der Waals surface area contributed by atoms with Crippen molar-refractivity contribution in [1.29, 1.82) is 0 Å². The van der Waals surface area contributed by atoms with Gasteiger partial charge in [0.05, 0.1) is 20.0 Å². The average Bonchev–Trinajstić information content (AvgIpc) is 3.07. The number of amides is 1. The van der Waals surface area contributed by atoms with E-state index in [1.807, 2.05) is 12.1 Å². The molecule has 3 aromatic rings. The van der Waals surface area contributed by atoms with Gasteiger partial charge in [0.1, 0.15) is 12.4 Å². The molecule has 6 nitrogen and oxygen atoms in total. The zero-order chi connectivity index (χ0) is 24.4. The molecule has 1 aliphatic rings. The summed E-state index contributed by atoms with van der Waals surface area (Å²) in [5.74, 6) is 0.261. The fourth-order valence-electron chi connectivity index (χ4n) is 3.11. The van der Waals surface area contributed by atoms with Crippen molar-refractivity contribution in [3.63, 3.8) is 0 Å². The number of carbonyl (C=O) groups excluding carboxylic acids is 1. The molecule has 4 rings (SSSR count). The summed E-state index contributed by atoms with van der Waals surface area (Å²) in [5.41, 5.74) is 1.79. The van der Waals surface area contributed by atoms with Crippen LogP contribution in [0.25, 0.3) is 6.08 Å². The van der Waals surface area contributed by atoms with Gasteiger partial charge >= 0.3 is 0 Å². The Labute approximate surface area is 222 Å². The molecule has 0 bridgehead atoms. The van der Waals surface area contributed by atoms with Crippen LogP contribution in [0.2, 0.25) is 10.0 Å². The minimum Gasteiger partial charge on any atom is -0.488 e. The highest BCUT2D eigenvalue weighted by molar-refractivity contribution is 9.10. The monoisotopic (exact) mass is 594 g/mol. The summed E-state index contributed by atoms with van der Waals surface area (Å²) in [5, 5.41) is 12.1. The number of benzene rings is 3. The van der Waals surface area contributed by atoms with Gasteiger partial charge in [0, 0.05) is 27.7 Å². The zero-order valence-electron chi connectivity index (χ0n) is 17.0. The molecule has 0 unspecified atom stereocenters. The predicted molar refractivity (Wildman–Crippen MR) is 144 cm³/mol. The van der Waals surface area contributed by atoms with Gasteiger partial charge in [-0.25, -0.2) is 0 Å². The van der Waals surface area contributed by atoms with Crippen molar-refractivity contribution < 1.29 is 14.5 Å². The first-order chi connectivity index (χ1) is 16.2. The van der Waals surface area contributed by atoms with E-state index in [1.165, 1.54) is 23.1 Å². The number of hydrogen-bond acceptors (Lipinski definition) is 6. The summed E-state index contributed by atoms with van der Waals surface area (Å²) in [6.07, 6.45) is 1.71. The quantitative estimate of drug-likeness (QED) is 0.126. The molecule has 1 saturated heterocycles.